The molecule has 1 aromatic carbocycles. The van der Waals surface area contributed by atoms with Crippen LogP contribution in [0.5, 0.6) is 0 Å². The number of nitrogens with zero attached hydrogens (tertiary/aromatic N) is 4. The fourth-order valence-corrected chi connectivity index (χ4v) is 5.33. The number of hydrogen-bond acceptors (Lipinski definition) is 7. The lowest BCUT2D eigenvalue weighted by Gasteiger charge is -2.17. The highest BCUT2D eigenvalue weighted by molar-refractivity contribution is 8.00. The topological polar surface area (TPSA) is 93.1 Å². The number of nitrogens with one attached hydrogen (secondary N) is 1. The zero-order valence-corrected chi connectivity index (χ0v) is 20.9. The minimum absolute atomic E-state index is 0.0869. The van der Waals surface area contributed by atoms with Gasteiger partial charge in [-0.2, -0.15) is 0 Å². The Balaban J connectivity index is 1.58. The Morgan fingerprint density at radius 3 is 2.50 bits per heavy atom. The van der Waals surface area contributed by atoms with Crippen LogP contribution in [0.15, 0.2) is 35.5 Å². The summed E-state index contributed by atoms with van der Waals surface area (Å²) in [7, 11) is 1.34. The van der Waals surface area contributed by atoms with Crippen LogP contribution in [-0.2, 0) is 17.8 Å². The van der Waals surface area contributed by atoms with Crippen molar-refractivity contribution < 1.29 is 14.3 Å². The van der Waals surface area contributed by atoms with Gasteiger partial charge in [-0.3, -0.25) is 9.69 Å². The number of aryl methyl sites for hydroxylation is 1. The van der Waals surface area contributed by atoms with E-state index in [0.29, 0.717) is 34.2 Å². The maximum absolute atomic E-state index is 13.3. The molecule has 34 heavy (non-hydrogen) atoms. The lowest BCUT2D eigenvalue weighted by atomic mass is 10.1. The number of rotatable bonds is 9. The smallest absolute Gasteiger partial charge is 0.339 e. The number of ether oxygens (including phenoxy) is 1. The third kappa shape index (κ3) is 5.10. The first-order valence-corrected chi connectivity index (χ1v) is 12.4. The molecule has 3 aromatic rings. The van der Waals surface area contributed by atoms with E-state index in [2.05, 4.69) is 36.8 Å². The van der Waals surface area contributed by atoms with Gasteiger partial charge < -0.3 is 14.3 Å². The number of carbonyl (C=O) groups is 2. The summed E-state index contributed by atoms with van der Waals surface area (Å²) in [5.41, 5.74) is 3.25. The Kier molecular flexibility index (Phi) is 7.53. The maximum atomic E-state index is 13.3. The molecule has 0 saturated carbocycles. The van der Waals surface area contributed by atoms with Crippen LogP contribution < -0.4 is 0 Å². The zero-order chi connectivity index (χ0) is 24.2. The van der Waals surface area contributed by atoms with Crippen molar-refractivity contribution >= 4 is 23.5 Å². The van der Waals surface area contributed by atoms with E-state index in [1.807, 2.05) is 25.1 Å². The average Bonchev–Trinajstić information content (AvgIpc) is 3.55. The largest absolute Gasteiger partial charge is 0.465 e. The number of thioether (sulfide) groups is 1. The van der Waals surface area contributed by atoms with Gasteiger partial charge >= 0.3 is 5.97 Å². The molecule has 3 heterocycles. The monoisotopic (exact) mass is 481 g/mol. The summed E-state index contributed by atoms with van der Waals surface area (Å²) in [6.45, 7) is 8.95. The normalized spacial score (nSPS) is 14.9. The highest BCUT2D eigenvalue weighted by Crippen LogP contribution is 2.29. The van der Waals surface area contributed by atoms with Crippen molar-refractivity contribution in [1.82, 2.24) is 24.6 Å². The fourth-order valence-electron chi connectivity index (χ4n) is 4.41. The lowest BCUT2D eigenvalue weighted by molar-refractivity contribution is 0.0599. The third-order valence-electron chi connectivity index (χ3n) is 6.27. The Hall–Kier alpha value is -2.91. The van der Waals surface area contributed by atoms with Gasteiger partial charge in [0.05, 0.1) is 36.7 Å². The predicted molar refractivity (Wildman–Crippen MR) is 131 cm³/mol. The SMILES string of the molecule is COC(=O)c1c(C)[nH]c(C(=O)C(C)Sc2nnc(CN3CCCC3)n2Cc2ccccc2)c1C. The van der Waals surface area contributed by atoms with Crippen LogP contribution >= 0.6 is 11.8 Å². The highest BCUT2D eigenvalue weighted by Gasteiger charge is 2.28. The van der Waals surface area contributed by atoms with Gasteiger partial charge in [-0.15, -0.1) is 10.2 Å². The molecule has 4 rings (SSSR count). The van der Waals surface area contributed by atoms with Crippen LogP contribution in [0.2, 0.25) is 0 Å². The number of aromatic nitrogens is 4. The number of H-pyrrole nitrogens is 1. The Labute approximate surface area is 204 Å². The second kappa shape index (κ2) is 10.6. The van der Waals surface area contributed by atoms with Gasteiger partial charge in [-0.1, -0.05) is 42.1 Å². The van der Waals surface area contributed by atoms with Gasteiger partial charge in [0.25, 0.3) is 0 Å². The standard InChI is InChI=1S/C25H31N5O3S/c1-16-21(24(32)33-4)17(2)26-22(16)23(31)18(3)34-25-28-27-20(15-29-12-8-9-13-29)30(25)14-19-10-6-5-7-11-19/h5-7,10-11,18,26H,8-9,12-15H2,1-4H3. The molecule has 1 N–H and O–H groups in total. The maximum Gasteiger partial charge on any atom is 0.339 e. The third-order valence-corrected chi connectivity index (χ3v) is 7.35. The first-order chi connectivity index (χ1) is 16.4. The van der Waals surface area contributed by atoms with Crippen LogP contribution in [0.25, 0.3) is 0 Å². The molecular weight excluding hydrogens is 450 g/mol. The summed E-state index contributed by atoms with van der Waals surface area (Å²) in [4.78, 5) is 30.9. The van der Waals surface area contributed by atoms with Crippen molar-refractivity contribution in [2.24, 2.45) is 0 Å². The van der Waals surface area contributed by atoms with E-state index in [4.69, 9.17) is 4.74 Å². The van der Waals surface area contributed by atoms with Crippen LogP contribution in [0, 0.1) is 13.8 Å². The van der Waals surface area contributed by atoms with Crippen LogP contribution in [0.3, 0.4) is 0 Å². The number of esters is 1. The second-order valence-electron chi connectivity index (χ2n) is 8.69. The molecule has 0 amide bonds. The number of likely N-dealkylation sites (tertiary alicyclic amines) is 1. The van der Waals surface area contributed by atoms with Crippen molar-refractivity contribution in [2.45, 2.75) is 57.1 Å². The van der Waals surface area contributed by atoms with E-state index in [-0.39, 0.29) is 5.78 Å². The van der Waals surface area contributed by atoms with Gasteiger partial charge in [0.1, 0.15) is 5.82 Å². The van der Waals surface area contributed by atoms with Crippen LogP contribution in [0.1, 0.15) is 63.3 Å². The molecule has 0 radical (unpaired) electrons. The summed E-state index contributed by atoms with van der Waals surface area (Å²) < 4.78 is 7.00. The van der Waals surface area contributed by atoms with Crippen molar-refractivity contribution in [1.29, 1.82) is 0 Å². The Morgan fingerprint density at radius 1 is 1.12 bits per heavy atom. The Bertz CT molecular complexity index is 1160. The Morgan fingerprint density at radius 2 is 1.82 bits per heavy atom. The minimum Gasteiger partial charge on any atom is -0.465 e. The molecule has 1 fully saturated rings. The lowest BCUT2D eigenvalue weighted by Crippen LogP contribution is -2.22. The van der Waals surface area contributed by atoms with E-state index in [9.17, 15) is 9.59 Å². The van der Waals surface area contributed by atoms with Crippen molar-refractivity contribution in [3.63, 3.8) is 0 Å². The van der Waals surface area contributed by atoms with Gasteiger partial charge in [0.15, 0.2) is 10.9 Å². The molecule has 1 atom stereocenters. The highest BCUT2D eigenvalue weighted by atomic mass is 32.2. The molecule has 8 nitrogen and oxygen atoms in total. The predicted octanol–water partition coefficient (Wildman–Crippen LogP) is 4.02. The number of Topliss-reactive ketones (excluding diaryl/α,β-unsaturated/α-hetero) is 1. The molecule has 1 unspecified atom stereocenters. The number of methoxy groups -OCH3 is 1. The van der Waals surface area contributed by atoms with Crippen LogP contribution in [-0.4, -0.2) is 61.9 Å². The zero-order valence-electron chi connectivity index (χ0n) is 20.1. The molecule has 0 aliphatic carbocycles. The molecule has 1 saturated heterocycles. The van der Waals surface area contributed by atoms with E-state index < -0.39 is 11.2 Å². The summed E-state index contributed by atoms with van der Waals surface area (Å²) in [6, 6.07) is 10.2. The van der Waals surface area contributed by atoms with E-state index in [1.54, 1.807) is 13.8 Å². The van der Waals surface area contributed by atoms with Crippen molar-refractivity contribution in [3.8, 4) is 0 Å². The van der Waals surface area contributed by atoms with E-state index in [1.165, 1.54) is 31.7 Å². The molecule has 2 aromatic heterocycles. The number of hydrogen-bond donors (Lipinski definition) is 1. The second-order valence-corrected chi connectivity index (χ2v) is 10.0. The van der Waals surface area contributed by atoms with Crippen LogP contribution in [0.4, 0.5) is 0 Å². The number of carbonyl (C=O) groups excluding carboxylic acids is 2. The van der Waals surface area contributed by atoms with Gasteiger partial charge in [-0.25, -0.2) is 4.79 Å². The summed E-state index contributed by atoms with van der Waals surface area (Å²) >= 11 is 1.39. The molecule has 9 heteroatoms. The van der Waals surface area contributed by atoms with Gasteiger partial charge in [0, 0.05) is 5.69 Å². The quantitative estimate of drug-likeness (QED) is 0.280. The first-order valence-electron chi connectivity index (χ1n) is 11.6. The molecule has 0 bridgehead atoms. The first kappa shape index (κ1) is 24.2. The summed E-state index contributed by atoms with van der Waals surface area (Å²) in [5, 5.41) is 9.27. The average molecular weight is 482 g/mol. The van der Waals surface area contributed by atoms with Crippen molar-refractivity contribution in [2.75, 3.05) is 20.2 Å². The molecule has 0 spiro atoms. The number of ketones is 1. The number of aromatic amines is 1. The minimum atomic E-state index is -0.445. The summed E-state index contributed by atoms with van der Waals surface area (Å²) in [6.07, 6.45) is 2.42. The molecular formula is C25H31N5O3S. The van der Waals surface area contributed by atoms with E-state index >= 15 is 0 Å². The van der Waals surface area contributed by atoms with Gasteiger partial charge in [-0.05, 0) is 57.8 Å². The molecule has 180 valence electrons. The van der Waals surface area contributed by atoms with E-state index in [0.717, 1.165) is 31.0 Å². The van der Waals surface area contributed by atoms with Gasteiger partial charge in [0.2, 0.25) is 0 Å². The fraction of sp³-hybridized carbons (Fsp3) is 0.440. The number of benzene rings is 1. The molecule has 1 aliphatic heterocycles. The molecule has 1 aliphatic rings. The summed E-state index contributed by atoms with van der Waals surface area (Å²) in [5.74, 6) is 0.378. The van der Waals surface area contributed by atoms with Crippen molar-refractivity contribution in [3.05, 3.63) is 64.2 Å².